The van der Waals surface area contributed by atoms with Crippen molar-refractivity contribution in [3.05, 3.63) is 81.8 Å². The quantitative estimate of drug-likeness (QED) is 0.289. The van der Waals surface area contributed by atoms with Gasteiger partial charge in [-0.2, -0.15) is 0 Å². The van der Waals surface area contributed by atoms with Crippen molar-refractivity contribution in [2.45, 2.75) is 17.5 Å². The molecule has 3 heterocycles. The smallest absolute Gasteiger partial charge is 0.258 e. The van der Waals surface area contributed by atoms with Gasteiger partial charge in [0.05, 0.1) is 12.8 Å². The van der Waals surface area contributed by atoms with Gasteiger partial charge in [-0.05, 0) is 52.3 Å². The molecule has 0 aliphatic heterocycles. The molecule has 0 spiro atoms. The summed E-state index contributed by atoms with van der Waals surface area (Å²) in [5, 5.41) is 9.44. The minimum atomic E-state index is -0.122. The van der Waals surface area contributed by atoms with Gasteiger partial charge in [0, 0.05) is 34.6 Å². The van der Waals surface area contributed by atoms with Crippen LogP contribution < -0.4 is 10.3 Å². The number of methoxy groups -OCH3 is 1. The lowest BCUT2D eigenvalue weighted by Crippen LogP contribution is -2.15. The molecule has 0 aliphatic carbocycles. The van der Waals surface area contributed by atoms with Crippen molar-refractivity contribution in [2.24, 2.45) is 0 Å². The lowest BCUT2D eigenvalue weighted by atomic mass is 10.2. The second kappa shape index (κ2) is 8.85. The second-order valence-corrected chi connectivity index (χ2v) is 8.24. The number of rotatable bonds is 7. The summed E-state index contributed by atoms with van der Waals surface area (Å²) in [5.74, 6) is 2.03. The van der Waals surface area contributed by atoms with Gasteiger partial charge in [-0.1, -0.05) is 17.8 Å². The molecule has 152 valence electrons. The maximum absolute atomic E-state index is 12.4. The molecule has 0 unspecified atom stereocenters. The van der Waals surface area contributed by atoms with Crippen LogP contribution in [0.3, 0.4) is 0 Å². The number of nitrogens with zero attached hydrogens (tertiary/aromatic N) is 5. The summed E-state index contributed by atoms with van der Waals surface area (Å²) in [5.41, 5.74) is 2.10. The fourth-order valence-corrected chi connectivity index (χ4v) is 4.16. The Morgan fingerprint density at radius 2 is 2.00 bits per heavy atom. The van der Waals surface area contributed by atoms with E-state index in [2.05, 4.69) is 37.7 Å². The van der Waals surface area contributed by atoms with Crippen LogP contribution in [0.1, 0.15) is 5.69 Å². The number of hydrogen-bond acceptors (Lipinski definition) is 6. The number of halogens is 1. The second-order valence-electron chi connectivity index (χ2n) is 6.38. The third-order valence-corrected chi connectivity index (χ3v) is 5.87. The summed E-state index contributed by atoms with van der Waals surface area (Å²) in [6, 6.07) is 12.9. The molecule has 0 atom stereocenters. The number of ether oxygens (including phenoxy) is 1. The van der Waals surface area contributed by atoms with Gasteiger partial charge >= 0.3 is 0 Å². The highest BCUT2D eigenvalue weighted by atomic mass is 79.9. The molecule has 0 saturated heterocycles. The Bertz CT molecular complexity index is 1270. The molecule has 0 radical (unpaired) electrons. The summed E-state index contributed by atoms with van der Waals surface area (Å²) in [6.45, 7) is 4.41. The molecule has 1 aromatic carbocycles. The third-order valence-electron chi connectivity index (χ3n) is 4.40. The molecule has 4 rings (SSSR count). The normalized spacial score (nSPS) is 11.0. The molecule has 0 N–H and O–H groups in total. The minimum absolute atomic E-state index is 0.122. The molecule has 0 amide bonds. The van der Waals surface area contributed by atoms with Crippen molar-refractivity contribution in [1.29, 1.82) is 0 Å². The van der Waals surface area contributed by atoms with Gasteiger partial charge in [0.15, 0.2) is 11.0 Å². The van der Waals surface area contributed by atoms with Gasteiger partial charge in [0.25, 0.3) is 5.56 Å². The molecule has 4 aromatic rings. The van der Waals surface area contributed by atoms with Crippen LogP contribution in [0, 0.1) is 0 Å². The Hall–Kier alpha value is -2.91. The van der Waals surface area contributed by atoms with Gasteiger partial charge < -0.3 is 4.74 Å². The van der Waals surface area contributed by atoms with E-state index >= 15 is 0 Å². The Labute approximate surface area is 185 Å². The van der Waals surface area contributed by atoms with Crippen molar-refractivity contribution in [1.82, 2.24) is 24.1 Å². The van der Waals surface area contributed by atoms with E-state index in [1.54, 1.807) is 25.4 Å². The third kappa shape index (κ3) is 4.17. The monoisotopic (exact) mass is 483 g/mol. The maximum Gasteiger partial charge on any atom is 0.258 e. The van der Waals surface area contributed by atoms with Gasteiger partial charge in [-0.3, -0.25) is 13.8 Å². The van der Waals surface area contributed by atoms with Gasteiger partial charge in [-0.15, -0.1) is 16.8 Å². The van der Waals surface area contributed by atoms with E-state index < -0.39 is 0 Å². The molecule has 3 aromatic heterocycles. The Balaban J connectivity index is 1.61. The first-order valence-corrected chi connectivity index (χ1v) is 10.9. The van der Waals surface area contributed by atoms with Crippen LogP contribution in [-0.2, 0) is 12.3 Å². The Kier molecular flexibility index (Phi) is 6.01. The fraction of sp³-hybridized carbons (Fsp3) is 0.143. The number of thioether (sulfide) groups is 1. The molecular formula is C21H18BrN5O2S. The summed E-state index contributed by atoms with van der Waals surface area (Å²) >= 11 is 4.85. The van der Waals surface area contributed by atoms with Crippen LogP contribution in [0.4, 0.5) is 0 Å². The SMILES string of the molecule is C=CCn1c(SCc2cc(=O)n3cc(Br)ccc3n2)nnc1-c1ccc(OC)cc1. The average molecular weight is 484 g/mol. The van der Waals surface area contributed by atoms with Gasteiger partial charge in [-0.25, -0.2) is 4.98 Å². The number of fused-ring (bicyclic) bond motifs is 1. The summed E-state index contributed by atoms with van der Waals surface area (Å²) in [7, 11) is 1.63. The van der Waals surface area contributed by atoms with Crippen LogP contribution in [0.5, 0.6) is 5.75 Å². The van der Waals surface area contributed by atoms with E-state index in [9.17, 15) is 4.79 Å². The van der Waals surface area contributed by atoms with E-state index in [1.807, 2.05) is 41.0 Å². The first-order chi connectivity index (χ1) is 14.6. The molecule has 0 bridgehead atoms. The number of hydrogen-bond donors (Lipinski definition) is 0. The predicted molar refractivity (Wildman–Crippen MR) is 121 cm³/mol. The Morgan fingerprint density at radius 3 is 2.73 bits per heavy atom. The molecule has 0 saturated carbocycles. The zero-order valence-corrected chi connectivity index (χ0v) is 18.6. The average Bonchev–Trinajstić information content (AvgIpc) is 3.16. The van der Waals surface area contributed by atoms with Crippen molar-refractivity contribution in [3.63, 3.8) is 0 Å². The minimum Gasteiger partial charge on any atom is -0.497 e. The van der Waals surface area contributed by atoms with Crippen LogP contribution >= 0.6 is 27.7 Å². The predicted octanol–water partition coefficient (Wildman–Crippen LogP) is 4.20. The van der Waals surface area contributed by atoms with Crippen molar-refractivity contribution in [2.75, 3.05) is 7.11 Å². The van der Waals surface area contributed by atoms with E-state index in [0.717, 1.165) is 26.8 Å². The van der Waals surface area contributed by atoms with Crippen LogP contribution in [0.25, 0.3) is 17.0 Å². The van der Waals surface area contributed by atoms with E-state index in [-0.39, 0.29) is 5.56 Å². The summed E-state index contributed by atoms with van der Waals surface area (Å²) in [4.78, 5) is 17.0. The van der Waals surface area contributed by atoms with Crippen molar-refractivity contribution in [3.8, 4) is 17.1 Å². The molecule has 7 nitrogen and oxygen atoms in total. The number of allylic oxidation sites excluding steroid dienone is 1. The maximum atomic E-state index is 12.4. The summed E-state index contributed by atoms with van der Waals surface area (Å²) in [6.07, 6.45) is 3.52. The van der Waals surface area contributed by atoms with E-state index in [1.165, 1.54) is 16.2 Å². The number of benzene rings is 1. The lowest BCUT2D eigenvalue weighted by molar-refractivity contribution is 0.415. The molecule has 9 heteroatoms. The van der Waals surface area contributed by atoms with Gasteiger partial charge in [0.1, 0.15) is 11.4 Å². The molecule has 0 aliphatic rings. The highest BCUT2D eigenvalue weighted by molar-refractivity contribution is 9.10. The zero-order chi connectivity index (χ0) is 21.1. The van der Waals surface area contributed by atoms with Crippen molar-refractivity contribution >= 4 is 33.3 Å². The lowest BCUT2D eigenvalue weighted by Gasteiger charge is -2.08. The first-order valence-electron chi connectivity index (χ1n) is 9.08. The number of pyridine rings is 1. The Morgan fingerprint density at radius 1 is 1.20 bits per heavy atom. The fourth-order valence-electron chi connectivity index (χ4n) is 2.98. The van der Waals surface area contributed by atoms with Gasteiger partial charge in [0.2, 0.25) is 0 Å². The number of aromatic nitrogens is 5. The first kappa shape index (κ1) is 20.4. The molecular weight excluding hydrogens is 466 g/mol. The summed E-state index contributed by atoms with van der Waals surface area (Å²) < 4.78 is 9.55. The van der Waals surface area contributed by atoms with Crippen LogP contribution in [0.2, 0.25) is 0 Å². The highest BCUT2D eigenvalue weighted by Gasteiger charge is 2.14. The standard InChI is InChI=1S/C21H18BrN5O2S/c1-3-10-26-20(14-4-7-17(29-2)8-5-14)24-25-21(26)30-13-16-11-19(28)27-12-15(22)6-9-18(27)23-16/h3-9,11-12H,1,10,13H2,2H3. The largest absolute Gasteiger partial charge is 0.497 e. The van der Waals surface area contributed by atoms with E-state index in [0.29, 0.717) is 23.6 Å². The molecule has 30 heavy (non-hydrogen) atoms. The topological polar surface area (TPSA) is 74.3 Å². The van der Waals surface area contributed by atoms with E-state index in [4.69, 9.17) is 4.74 Å². The van der Waals surface area contributed by atoms with Crippen molar-refractivity contribution < 1.29 is 4.74 Å². The zero-order valence-electron chi connectivity index (χ0n) is 16.2. The highest BCUT2D eigenvalue weighted by Crippen LogP contribution is 2.27. The van der Waals surface area contributed by atoms with Crippen LogP contribution in [-0.4, -0.2) is 31.3 Å². The molecule has 0 fully saturated rings. The van der Waals surface area contributed by atoms with Crippen LogP contribution in [0.15, 0.2) is 75.7 Å².